The molecule has 7 heteroatoms. The number of benzene rings is 2. The number of nitrogens with zero attached hydrogens (tertiary/aromatic N) is 1. The molecule has 5 rings (SSSR count). The van der Waals surface area contributed by atoms with E-state index in [1.165, 1.54) is 6.26 Å². The lowest BCUT2D eigenvalue weighted by Crippen LogP contribution is -2.41. The van der Waals surface area contributed by atoms with E-state index in [-0.39, 0.29) is 23.0 Å². The molecule has 6 nitrogen and oxygen atoms in total. The molecule has 0 radical (unpaired) electrons. The molecule has 0 unspecified atom stereocenters. The van der Waals surface area contributed by atoms with Gasteiger partial charge in [-0.1, -0.05) is 30.3 Å². The summed E-state index contributed by atoms with van der Waals surface area (Å²) in [6, 6.07) is 12.9. The van der Waals surface area contributed by atoms with Gasteiger partial charge in [0.15, 0.2) is 9.84 Å². The molecular weight excluding hydrogens is 378 g/mol. The van der Waals surface area contributed by atoms with Crippen LogP contribution >= 0.6 is 0 Å². The fourth-order valence-corrected chi connectivity index (χ4v) is 5.80. The van der Waals surface area contributed by atoms with Gasteiger partial charge in [0.25, 0.3) is 0 Å². The molecule has 0 spiro atoms. The second kappa shape index (κ2) is 6.46. The van der Waals surface area contributed by atoms with Gasteiger partial charge in [-0.05, 0) is 24.1 Å². The Hall–Kier alpha value is -2.64. The maximum atomic E-state index is 13.0. The average Bonchev–Trinajstić information content (AvgIpc) is 3.08. The molecule has 1 aromatic heterocycles. The quantitative estimate of drug-likeness (QED) is 0.662. The number of fused-ring (bicyclic) bond motifs is 3. The summed E-state index contributed by atoms with van der Waals surface area (Å²) in [7, 11) is -2.98. The van der Waals surface area contributed by atoms with Gasteiger partial charge < -0.3 is 9.15 Å². The summed E-state index contributed by atoms with van der Waals surface area (Å²) in [5, 5.41) is 0.504. The van der Waals surface area contributed by atoms with Gasteiger partial charge in [0.05, 0.1) is 28.0 Å². The van der Waals surface area contributed by atoms with Crippen LogP contribution in [0.4, 0.5) is 0 Å². The summed E-state index contributed by atoms with van der Waals surface area (Å²) in [5.74, 6) is 1.05. The van der Waals surface area contributed by atoms with E-state index in [0.29, 0.717) is 42.0 Å². The van der Waals surface area contributed by atoms with Crippen molar-refractivity contribution in [1.29, 1.82) is 0 Å². The first kappa shape index (κ1) is 17.5. The van der Waals surface area contributed by atoms with Gasteiger partial charge in [-0.2, -0.15) is 0 Å². The zero-order valence-electron chi connectivity index (χ0n) is 15.1. The molecule has 3 heterocycles. The highest BCUT2D eigenvalue weighted by molar-refractivity contribution is 7.91. The number of ether oxygens (including phenoxy) is 1. The van der Waals surface area contributed by atoms with Gasteiger partial charge >= 0.3 is 0 Å². The Balaban J connectivity index is 1.56. The highest BCUT2D eigenvalue weighted by Crippen LogP contribution is 2.34. The lowest BCUT2D eigenvalue weighted by Gasteiger charge is -2.33. The van der Waals surface area contributed by atoms with E-state index in [2.05, 4.69) is 0 Å². The molecule has 1 fully saturated rings. The van der Waals surface area contributed by atoms with E-state index in [4.69, 9.17) is 9.15 Å². The van der Waals surface area contributed by atoms with E-state index < -0.39 is 9.84 Å². The molecule has 28 heavy (non-hydrogen) atoms. The first-order valence-corrected chi connectivity index (χ1v) is 11.0. The third-order valence-corrected chi connectivity index (χ3v) is 7.31. The number of sulfone groups is 1. The van der Waals surface area contributed by atoms with E-state index >= 15 is 0 Å². The van der Waals surface area contributed by atoms with Crippen molar-refractivity contribution in [1.82, 2.24) is 4.90 Å². The van der Waals surface area contributed by atoms with E-state index in [1.54, 1.807) is 12.1 Å². The molecule has 144 valence electrons. The third-order valence-electron chi connectivity index (χ3n) is 5.56. The summed E-state index contributed by atoms with van der Waals surface area (Å²) < 4.78 is 35.4. The minimum absolute atomic E-state index is 0.0660. The van der Waals surface area contributed by atoms with Crippen molar-refractivity contribution in [3.8, 4) is 16.9 Å². The SMILES string of the molecule is O=c1c(-c2ccccc2)coc2c3c(ccc12)OCN([C@H]1CCS(=O)(=O)C1)C3. The van der Waals surface area contributed by atoms with Crippen LogP contribution in [0.1, 0.15) is 12.0 Å². The smallest absolute Gasteiger partial charge is 0.200 e. The Kier molecular flexibility index (Phi) is 4.03. The Bertz CT molecular complexity index is 1220. The first-order valence-electron chi connectivity index (χ1n) is 9.22. The Morgan fingerprint density at radius 2 is 1.89 bits per heavy atom. The normalized spacial score (nSPS) is 21.4. The minimum atomic E-state index is -2.98. The minimum Gasteiger partial charge on any atom is -0.478 e. The van der Waals surface area contributed by atoms with Crippen LogP contribution in [-0.4, -0.2) is 37.6 Å². The first-order chi connectivity index (χ1) is 13.5. The van der Waals surface area contributed by atoms with Crippen molar-refractivity contribution in [2.75, 3.05) is 18.2 Å². The summed E-state index contributed by atoms with van der Waals surface area (Å²) in [6.45, 7) is 0.839. The highest BCUT2D eigenvalue weighted by Gasteiger charge is 2.35. The van der Waals surface area contributed by atoms with Gasteiger partial charge in [-0.25, -0.2) is 8.42 Å². The molecule has 3 aromatic rings. The maximum absolute atomic E-state index is 13.0. The predicted octanol–water partition coefficient (Wildman–Crippen LogP) is 2.80. The number of hydrogen-bond donors (Lipinski definition) is 0. The monoisotopic (exact) mass is 397 g/mol. The Morgan fingerprint density at radius 1 is 1.07 bits per heavy atom. The molecule has 2 aliphatic heterocycles. The van der Waals surface area contributed by atoms with Crippen LogP contribution in [0.25, 0.3) is 22.1 Å². The largest absolute Gasteiger partial charge is 0.478 e. The average molecular weight is 397 g/mol. The molecule has 0 bridgehead atoms. The van der Waals surface area contributed by atoms with Crippen LogP contribution in [-0.2, 0) is 16.4 Å². The lowest BCUT2D eigenvalue weighted by atomic mass is 10.0. The third kappa shape index (κ3) is 2.91. The van der Waals surface area contributed by atoms with Crippen molar-refractivity contribution in [3.63, 3.8) is 0 Å². The van der Waals surface area contributed by atoms with Crippen LogP contribution in [0.15, 0.2) is 57.9 Å². The number of hydrogen-bond acceptors (Lipinski definition) is 6. The second-order valence-corrected chi connectivity index (χ2v) is 9.57. The van der Waals surface area contributed by atoms with Crippen LogP contribution < -0.4 is 10.2 Å². The molecule has 1 atom stereocenters. The van der Waals surface area contributed by atoms with Gasteiger partial charge in [0.2, 0.25) is 5.43 Å². The van der Waals surface area contributed by atoms with Crippen molar-refractivity contribution < 1.29 is 17.6 Å². The summed E-state index contributed by atoms with van der Waals surface area (Å²) >= 11 is 0. The Morgan fingerprint density at radius 3 is 2.64 bits per heavy atom. The maximum Gasteiger partial charge on any atom is 0.200 e. The Labute approximate surface area is 162 Å². The van der Waals surface area contributed by atoms with Crippen molar-refractivity contribution in [2.24, 2.45) is 0 Å². The van der Waals surface area contributed by atoms with Crippen molar-refractivity contribution >= 4 is 20.8 Å². The summed E-state index contributed by atoms with van der Waals surface area (Å²) in [6.07, 6.45) is 2.10. The molecular formula is C21H19NO5S. The second-order valence-electron chi connectivity index (χ2n) is 7.34. The molecule has 0 saturated carbocycles. The van der Waals surface area contributed by atoms with Crippen LogP contribution in [0.2, 0.25) is 0 Å². The van der Waals surface area contributed by atoms with Crippen LogP contribution in [0, 0.1) is 0 Å². The predicted molar refractivity (Wildman–Crippen MR) is 106 cm³/mol. The van der Waals surface area contributed by atoms with Crippen molar-refractivity contribution in [3.05, 3.63) is 64.5 Å². The van der Waals surface area contributed by atoms with Crippen LogP contribution in [0.5, 0.6) is 5.75 Å². The van der Waals surface area contributed by atoms with Crippen LogP contribution in [0.3, 0.4) is 0 Å². The molecule has 2 aliphatic rings. The van der Waals surface area contributed by atoms with Crippen molar-refractivity contribution in [2.45, 2.75) is 19.0 Å². The summed E-state index contributed by atoms with van der Waals surface area (Å²) in [4.78, 5) is 15.1. The highest BCUT2D eigenvalue weighted by atomic mass is 32.2. The lowest BCUT2D eigenvalue weighted by molar-refractivity contribution is 0.0649. The fraction of sp³-hybridized carbons (Fsp3) is 0.286. The number of rotatable bonds is 2. The van der Waals surface area contributed by atoms with Gasteiger partial charge in [-0.3, -0.25) is 9.69 Å². The van der Waals surface area contributed by atoms with E-state index in [9.17, 15) is 13.2 Å². The fourth-order valence-electron chi connectivity index (χ4n) is 4.04. The van der Waals surface area contributed by atoms with Gasteiger partial charge in [-0.15, -0.1) is 0 Å². The molecule has 0 amide bonds. The molecule has 0 aliphatic carbocycles. The zero-order chi connectivity index (χ0) is 19.3. The topological polar surface area (TPSA) is 76.8 Å². The summed E-state index contributed by atoms with van der Waals surface area (Å²) in [5.41, 5.74) is 2.54. The van der Waals surface area contributed by atoms with Gasteiger partial charge in [0, 0.05) is 12.6 Å². The molecule has 1 saturated heterocycles. The van der Waals surface area contributed by atoms with Gasteiger partial charge in [0.1, 0.15) is 24.3 Å². The standard InChI is InChI=1S/C21H19NO5S/c23-20-16-6-7-19-17(10-22(13-27-19)15-8-9-28(24,25)12-15)21(16)26-11-18(20)14-4-2-1-3-5-14/h1-7,11,15H,8-10,12-13H2/t15-/m0/s1. The molecule has 2 aromatic carbocycles. The molecule has 0 N–H and O–H groups in total. The van der Waals surface area contributed by atoms with E-state index in [0.717, 1.165) is 11.1 Å². The van der Waals surface area contributed by atoms with E-state index in [1.807, 2.05) is 35.2 Å². The zero-order valence-corrected chi connectivity index (χ0v) is 15.9.